The van der Waals surface area contributed by atoms with E-state index in [1.807, 2.05) is 85.5 Å². The summed E-state index contributed by atoms with van der Waals surface area (Å²) >= 11 is 0. The van der Waals surface area contributed by atoms with Crippen molar-refractivity contribution >= 4 is 41.1 Å². The first-order valence-electron chi connectivity index (χ1n) is 21.3. The third-order valence-electron chi connectivity index (χ3n) is 9.91. The van der Waals surface area contributed by atoms with Crippen LogP contribution in [0.3, 0.4) is 0 Å². The van der Waals surface area contributed by atoms with Crippen LogP contribution in [-0.2, 0) is 27.3 Å². The smallest absolute Gasteiger partial charge is 0.410 e. The van der Waals surface area contributed by atoms with Gasteiger partial charge in [0.05, 0.1) is 18.1 Å². The first-order chi connectivity index (χ1) is 27.8. The van der Waals surface area contributed by atoms with Crippen molar-refractivity contribution in [3.63, 3.8) is 0 Å². The number of nitrogens with zero attached hydrogens (tertiary/aromatic N) is 9. The summed E-state index contributed by atoms with van der Waals surface area (Å²) in [4.78, 5) is 58.5. The predicted molar refractivity (Wildman–Crippen MR) is 226 cm³/mol. The first kappa shape index (κ1) is 45.1. The van der Waals surface area contributed by atoms with Crippen LogP contribution < -0.4 is 10.6 Å². The van der Waals surface area contributed by atoms with Crippen molar-refractivity contribution in [1.29, 1.82) is 0 Å². The molecule has 3 aromatic heterocycles. The van der Waals surface area contributed by atoms with Gasteiger partial charge >= 0.3 is 18.3 Å². The molecule has 1 saturated heterocycles. The number of ether oxygens (including phenoxy) is 3. The summed E-state index contributed by atoms with van der Waals surface area (Å²) in [5, 5.41) is 16.3. The van der Waals surface area contributed by atoms with E-state index in [2.05, 4.69) is 30.9 Å². The van der Waals surface area contributed by atoms with E-state index in [1.54, 1.807) is 20.7 Å². The van der Waals surface area contributed by atoms with E-state index in [1.165, 1.54) is 6.42 Å². The molecule has 5 rings (SSSR count). The third kappa shape index (κ3) is 14.7. The number of anilines is 2. The first-order valence-corrected chi connectivity index (χ1v) is 21.3. The van der Waals surface area contributed by atoms with E-state index in [0.717, 1.165) is 43.9 Å². The highest BCUT2D eigenvalue weighted by Gasteiger charge is 2.31. The van der Waals surface area contributed by atoms with Crippen molar-refractivity contribution in [2.45, 2.75) is 162 Å². The van der Waals surface area contributed by atoms with Crippen molar-refractivity contribution in [3.05, 3.63) is 30.2 Å². The number of rotatable bonds is 14. The van der Waals surface area contributed by atoms with E-state index in [4.69, 9.17) is 19.2 Å². The van der Waals surface area contributed by atoms with Gasteiger partial charge in [-0.15, -0.1) is 5.10 Å². The number of aryl methyl sites for hydroxylation is 1. The fourth-order valence-electron chi connectivity index (χ4n) is 7.19. The van der Waals surface area contributed by atoms with Gasteiger partial charge in [0.2, 0.25) is 5.95 Å². The maximum Gasteiger partial charge on any atom is 0.410 e. The molecule has 1 saturated carbocycles. The highest BCUT2D eigenvalue weighted by molar-refractivity contribution is 5.87. The second-order valence-electron chi connectivity index (χ2n) is 18.6. The summed E-state index contributed by atoms with van der Waals surface area (Å²) in [5.74, 6) is 1.08. The lowest BCUT2D eigenvalue weighted by Crippen LogP contribution is -2.46. The Morgan fingerprint density at radius 3 is 2.15 bits per heavy atom. The van der Waals surface area contributed by atoms with Crippen LogP contribution in [0.1, 0.15) is 126 Å². The number of hydrogen-bond donors (Lipinski definition) is 2. The van der Waals surface area contributed by atoms with Gasteiger partial charge in [-0.05, 0) is 113 Å². The molecule has 0 aromatic carbocycles. The lowest BCUT2D eigenvalue weighted by Gasteiger charge is -2.36. The standard InChI is InChI=1S/C42H67N11O6/c1-40(2,3)57-37(54)50(23-15-25-53(32-16-11-10-12-17-32)39(56)59-42(7,8)9)22-14-24-52-29-31(48-49-52)28-44-36-46-34-33(18-13-21-43-34)35(47-36)45-30-19-26-51(27-20-30)38(55)58-41(4,5)6/h13,18,21,29-30,32H,10-12,14-17,19-20,22-28H2,1-9H3,(H2,43,44,45,46,47). The maximum absolute atomic E-state index is 13.3. The molecular formula is C42H67N11O6. The Morgan fingerprint density at radius 1 is 0.814 bits per heavy atom. The Hall–Kier alpha value is -4.96. The van der Waals surface area contributed by atoms with Crippen LogP contribution >= 0.6 is 0 Å². The van der Waals surface area contributed by atoms with E-state index >= 15 is 0 Å². The minimum absolute atomic E-state index is 0.111. The van der Waals surface area contributed by atoms with Crippen molar-refractivity contribution in [3.8, 4) is 0 Å². The van der Waals surface area contributed by atoms with Crippen molar-refractivity contribution in [2.75, 3.05) is 43.4 Å². The van der Waals surface area contributed by atoms with Gasteiger partial charge in [0, 0.05) is 57.5 Å². The number of piperidine rings is 1. The third-order valence-corrected chi connectivity index (χ3v) is 9.91. The molecule has 0 spiro atoms. The van der Waals surface area contributed by atoms with Crippen LogP contribution in [-0.4, -0.2) is 125 Å². The molecule has 4 heterocycles. The minimum Gasteiger partial charge on any atom is -0.444 e. The molecule has 3 aromatic rings. The Kier molecular flexibility index (Phi) is 15.2. The number of amides is 3. The van der Waals surface area contributed by atoms with Crippen molar-refractivity contribution < 1.29 is 28.6 Å². The molecule has 17 nitrogen and oxygen atoms in total. The topological polar surface area (TPSA) is 182 Å². The summed E-state index contributed by atoms with van der Waals surface area (Å²) in [6.07, 6.45) is 10.6. The molecule has 2 aliphatic rings. The molecular weight excluding hydrogens is 755 g/mol. The van der Waals surface area contributed by atoms with Gasteiger partial charge in [-0.1, -0.05) is 24.5 Å². The highest BCUT2D eigenvalue weighted by Crippen LogP contribution is 2.26. The highest BCUT2D eigenvalue weighted by atomic mass is 16.6. The molecule has 59 heavy (non-hydrogen) atoms. The Bertz CT molecular complexity index is 1840. The van der Waals surface area contributed by atoms with Crippen LogP contribution in [0.15, 0.2) is 24.5 Å². The number of carbonyl (C=O) groups excluding carboxylic acids is 3. The van der Waals surface area contributed by atoms with Crippen LogP contribution in [0, 0.1) is 0 Å². The number of hydrogen-bond acceptors (Lipinski definition) is 13. The number of fused-ring (bicyclic) bond motifs is 1. The average Bonchev–Trinajstić information content (AvgIpc) is 3.61. The average molecular weight is 822 g/mol. The number of pyridine rings is 1. The molecule has 3 amide bonds. The molecule has 17 heteroatoms. The molecule has 2 fully saturated rings. The molecule has 326 valence electrons. The second kappa shape index (κ2) is 19.9. The fourth-order valence-corrected chi connectivity index (χ4v) is 7.19. The molecule has 0 unspecified atom stereocenters. The van der Waals surface area contributed by atoms with Crippen LogP contribution in [0.5, 0.6) is 0 Å². The number of aromatic nitrogens is 6. The quantitative estimate of drug-likeness (QED) is 0.152. The van der Waals surface area contributed by atoms with Crippen molar-refractivity contribution in [1.82, 2.24) is 44.6 Å². The van der Waals surface area contributed by atoms with Gasteiger partial charge in [0.1, 0.15) is 28.3 Å². The zero-order chi connectivity index (χ0) is 42.8. The minimum atomic E-state index is -0.642. The van der Waals surface area contributed by atoms with Gasteiger partial charge < -0.3 is 39.5 Å². The normalized spacial score (nSPS) is 15.8. The molecule has 1 aliphatic carbocycles. The SMILES string of the molecule is CC(C)(C)OC(=O)N(CCCN(C(=O)OC(C)(C)C)C1CCCCC1)CCCn1cc(CNc2nc(NC3CCN(C(=O)OC(C)(C)C)CC3)c3cccnc3n2)nn1. The van der Waals surface area contributed by atoms with Gasteiger partial charge in [0.15, 0.2) is 5.65 Å². The number of carbonyl (C=O) groups is 3. The summed E-state index contributed by atoms with van der Waals surface area (Å²) in [5.41, 5.74) is -0.502. The molecule has 0 radical (unpaired) electrons. The summed E-state index contributed by atoms with van der Waals surface area (Å²) in [6.45, 7) is 20.3. The van der Waals surface area contributed by atoms with Gasteiger partial charge in [0.25, 0.3) is 0 Å². The van der Waals surface area contributed by atoms with Gasteiger partial charge in [-0.3, -0.25) is 4.68 Å². The monoisotopic (exact) mass is 822 g/mol. The number of nitrogens with one attached hydrogen (secondary N) is 2. The van der Waals surface area contributed by atoms with E-state index < -0.39 is 16.8 Å². The van der Waals surface area contributed by atoms with Crippen LogP contribution in [0.25, 0.3) is 11.0 Å². The van der Waals surface area contributed by atoms with Crippen LogP contribution in [0.2, 0.25) is 0 Å². The van der Waals surface area contributed by atoms with E-state index in [0.29, 0.717) is 81.8 Å². The maximum atomic E-state index is 13.3. The number of likely N-dealkylation sites (tertiary alicyclic amines) is 1. The summed E-state index contributed by atoms with van der Waals surface area (Å²) in [6, 6.07) is 4.06. The lowest BCUT2D eigenvalue weighted by molar-refractivity contribution is 0.00978. The molecule has 0 atom stereocenters. The largest absolute Gasteiger partial charge is 0.444 e. The summed E-state index contributed by atoms with van der Waals surface area (Å²) < 4.78 is 18.9. The van der Waals surface area contributed by atoms with E-state index in [-0.39, 0.29) is 30.4 Å². The second-order valence-corrected chi connectivity index (χ2v) is 18.6. The summed E-state index contributed by atoms with van der Waals surface area (Å²) in [7, 11) is 0. The fraction of sp³-hybridized carbons (Fsp3) is 0.714. The van der Waals surface area contributed by atoms with Crippen molar-refractivity contribution in [2.24, 2.45) is 0 Å². The van der Waals surface area contributed by atoms with Crippen LogP contribution in [0.4, 0.5) is 26.1 Å². The Morgan fingerprint density at radius 2 is 1.47 bits per heavy atom. The van der Waals surface area contributed by atoms with Gasteiger partial charge in [-0.25, -0.2) is 19.4 Å². The van der Waals surface area contributed by atoms with Gasteiger partial charge in [-0.2, -0.15) is 9.97 Å². The Labute approximate surface area is 349 Å². The predicted octanol–water partition coefficient (Wildman–Crippen LogP) is 7.63. The molecule has 1 aliphatic heterocycles. The Balaban J connectivity index is 1.15. The van der Waals surface area contributed by atoms with E-state index in [9.17, 15) is 14.4 Å². The lowest BCUT2D eigenvalue weighted by atomic mass is 9.94. The molecule has 0 bridgehead atoms. The zero-order valence-corrected chi connectivity index (χ0v) is 36.8. The molecule has 2 N–H and O–H groups in total. The zero-order valence-electron chi connectivity index (χ0n) is 36.8.